The molecule has 0 aliphatic heterocycles. The fraction of sp³-hybridized carbons (Fsp3) is 0.333. The number of benzene rings is 1. The fourth-order valence-corrected chi connectivity index (χ4v) is 1.71. The van der Waals surface area contributed by atoms with Crippen LogP contribution >= 0.6 is 23.2 Å². The topological polar surface area (TPSA) is 20.2 Å². The lowest BCUT2D eigenvalue weighted by atomic mass is 10.1. The predicted octanol–water partition coefficient (Wildman–Crippen LogP) is 3.71. The second kappa shape index (κ2) is 3.72. The molecule has 1 nitrogen and oxygen atoms in total. The summed E-state index contributed by atoms with van der Waals surface area (Å²) in [6.07, 6.45) is 0.519. The van der Waals surface area contributed by atoms with Crippen LogP contribution in [0.25, 0.3) is 0 Å². The summed E-state index contributed by atoms with van der Waals surface area (Å²) < 4.78 is 13.2. The van der Waals surface area contributed by atoms with Gasteiger partial charge in [-0.1, -0.05) is 30.1 Å². The molecule has 0 atom stereocenters. The molecule has 0 saturated carbocycles. The van der Waals surface area contributed by atoms with E-state index >= 15 is 0 Å². The first-order chi connectivity index (χ1) is 6.00. The van der Waals surface area contributed by atoms with Crippen molar-refractivity contribution in [2.45, 2.75) is 20.3 Å². The standard InChI is InChI=1S/C9H9Cl2FO/c1-3-5-6(10)7(11)8(12)4(2)9(5)13/h13H,3H2,1-2H3. The molecule has 0 heterocycles. The molecular weight excluding hydrogens is 214 g/mol. The highest BCUT2D eigenvalue weighted by Gasteiger charge is 2.17. The van der Waals surface area contributed by atoms with Crippen LogP contribution in [0.15, 0.2) is 0 Å². The van der Waals surface area contributed by atoms with Gasteiger partial charge in [0, 0.05) is 11.1 Å². The molecule has 13 heavy (non-hydrogen) atoms. The minimum absolute atomic E-state index is 0.102. The van der Waals surface area contributed by atoms with Gasteiger partial charge in [0.05, 0.1) is 10.0 Å². The first-order valence-electron chi connectivity index (χ1n) is 3.85. The van der Waals surface area contributed by atoms with Crippen LogP contribution in [0.2, 0.25) is 10.0 Å². The van der Waals surface area contributed by atoms with Gasteiger partial charge in [-0.2, -0.15) is 0 Å². The van der Waals surface area contributed by atoms with Crippen LogP contribution < -0.4 is 0 Å². The van der Waals surface area contributed by atoms with Crippen LogP contribution in [-0.2, 0) is 6.42 Å². The van der Waals surface area contributed by atoms with Gasteiger partial charge in [-0.15, -0.1) is 0 Å². The van der Waals surface area contributed by atoms with Crippen molar-refractivity contribution in [3.8, 4) is 5.75 Å². The third-order valence-corrected chi connectivity index (χ3v) is 2.84. The Balaban J connectivity index is 3.56. The second-order valence-electron chi connectivity index (χ2n) is 2.75. The SMILES string of the molecule is CCc1c(O)c(C)c(F)c(Cl)c1Cl. The lowest BCUT2D eigenvalue weighted by Gasteiger charge is -2.10. The van der Waals surface area contributed by atoms with Gasteiger partial charge in [0.25, 0.3) is 0 Å². The zero-order valence-electron chi connectivity index (χ0n) is 7.29. The van der Waals surface area contributed by atoms with E-state index in [1.807, 2.05) is 6.92 Å². The summed E-state index contributed by atoms with van der Waals surface area (Å²) in [5, 5.41) is 9.49. The zero-order chi connectivity index (χ0) is 10.2. The summed E-state index contributed by atoms with van der Waals surface area (Å²) >= 11 is 11.4. The number of rotatable bonds is 1. The Morgan fingerprint density at radius 3 is 2.31 bits per heavy atom. The van der Waals surface area contributed by atoms with Gasteiger partial charge in [0.2, 0.25) is 0 Å². The van der Waals surface area contributed by atoms with Gasteiger partial charge in [-0.05, 0) is 13.3 Å². The maximum atomic E-state index is 13.2. The van der Waals surface area contributed by atoms with Gasteiger partial charge in [0.1, 0.15) is 11.6 Å². The average molecular weight is 223 g/mol. The molecular formula is C9H9Cl2FO. The predicted molar refractivity (Wildman–Crippen MR) is 52.2 cm³/mol. The number of hydrogen-bond acceptors (Lipinski definition) is 1. The van der Waals surface area contributed by atoms with E-state index < -0.39 is 5.82 Å². The molecule has 0 radical (unpaired) electrons. The van der Waals surface area contributed by atoms with Crippen molar-refractivity contribution < 1.29 is 9.50 Å². The number of halogens is 3. The van der Waals surface area contributed by atoms with Gasteiger partial charge in [-0.3, -0.25) is 0 Å². The van der Waals surface area contributed by atoms with Gasteiger partial charge >= 0.3 is 0 Å². The van der Waals surface area contributed by atoms with E-state index in [1.165, 1.54) is 6.92 Å². The second-order valence-corrected chi connectivity index (χ2v) is 3.50. The van der Waals surface area contributed by atoms with Crippen LogP contribution in [0.1, 0.15) is 18.1 Å². The van der Waals surface area contributed by atoms with E-state index in [4.69, 9.17) is 23.2 Å². The summed E-state index contributed by atoms with van der Waals surface area (Å²) in [7, 11) is 0. The van der Waals surface area contributed by atoms with E-state index in [0.717, 1.165) is 0 Å². The third-order valence-electron chi connectivity index (χ3n) is 1.97. The quantitative estimate of drug-likeness (QED) is 0.719. The summed E-state index contributed by atoms with van der Waals surface area (Å²) in [5.41, 5.74) is 0.636. The summed E-state index contributed by atoms with van der Waals surface area (Å²) in [4.78, 5) is 0. The molecule has 0 aliphatic rings. The average Bonchev–Trinajstić information content (AvgIpc) is 2.13. The van der Waals surface area contributed by atoms with E-state index in [0.29, 0.717) is 12.0 Å². The molecule has 0 aromatic heterocycles. The fourth-order valence-electron chi connectivity index (χ4n) is 1.15. The van der Waals surface area contributed by atoms with Crippen LogP contribution in [-0.4, -0.2) is 5.11 Å². The highest BCUT2D eigenvalue weighted by molar-refractivity contribution is 6.42. The Bertz CT molecular complexity index is 321. The largest absolute Gasteiger partial charge is 0.507 e. The maximum absolute atomic E-state index is 13.2. The number of phenolic OH excluding ortho intramolecular Hbond substituents is 1. The molecule has 1 aromatic carbocycles. The van der Waals surface area contributed by atoms with Gasteiger partial charge < -0.3 is 5.11 Å². The molecule has 4 heteroatoms. The van der Waals surface area contributed by atoms with E-state index in [9.17, 15) is 9.50 Å². The highest BCUT2D eigenvalue weighted by atomic mass is 35.5. The van der Waals surface area contributed by atoms with Crippen LogP contribution in [0, 0.1) is 12.7 Å². The number of aromatic hydroxyl groups is 1. The highest BCUT2D eigenvalue weighted by Crippen LogP contribution is 2.38. The van der Waals surface area contributed by atoms with Crippen molar-refractivity contribution in [2.24, 2.45) is 0 Å². The Labute approximate surface area is 86.1 Å². The Morgan fingerprint density at radius 1 is 1.31 bits per heavy atom. The normalized spacial score (nSPS) is 10.5. The van der Waals surface area contributed by atoms with Crippen molar-refractivity contribution in [1.29, 1.82) is 0 Å². The van der Waals surface area contributed by atoms with Crippen LogP contribution in [0.5, 0.6) is 5.75 Å². The Morgan fingerprint density at radius 2 is 1.85 bits per heavy atom. The minimum Gasteiger partial charge on any atom is -0.507 e. The van der Waals surface area contributed by atoms with Crippen LogP contribution in [0.3, 0.4) is 0 Å². The Hall–Kier alpha value is -0.470. The first-order valence-corrected chi connectivity index (χ1v) is 4.61. The molecule has 0 aliphatic carbocycles. The van der Waals surface area contributed by atoms with Crippen molar-refractivity contribution >= 4 is 23.2 Å². The van der Waals surface area contributed by atoms with E-state index in [-0.39, 0.29) is 21.4 Å². The minimum atomic E-state index is -0.652. The van der Waals surface area contributed by atoms with Gasteiger partial charge in [-0.25, -0.2) is 4.39 Å². The summed E-state index contributed by atoms with van der Waals surface area (Å²) in [5.74, 6) is -0.754. The molecule has 1 N–H and O–H groups in total. The van der Waals surface area contributed by atoms with Crippen molar-refractivity contribution in [3.05, 3.63) is 27.0 Å². The molecule has 0 bridgehead atoms. The van der Waals surface area contributed by atoms with E-state index in [2.05, 4.69) is 0 Å². The smallest absolute Gasteiger partial charge is 0.149 e. The Kier molecular flexibility index (Phi) is 3.04. The van der Waals surface area contributed by atoms with Crippen molar-refractivity contribution in [1.82, 2.24) is 0 Å². The molecule has 1 aromatic rings. The van der Waals surface area contributed by atoms with E-state index in [1.54, 1.807) is 0 Å². The lowest BCUT2D eigenvalue weighted by molar-refractivity contribution is 0.456. The molecule has 0 fully saturated rings. The molecule has 0 unspecified atom stereocenters. The monoisotopic (exact) mass is 222 g/mol. The van der Waals surface area contributed by atoms with Crippen molar-refractivity contribution in [3.63, 3.8) is 0 Å². The third kappa shape index (κ3) is 1.61. The molecule has 0 spiro atoms. The lowest BCUT2D eigenvalue weighted by Crippen LogP contribution is -1.93. The number of hydrogen-bond donors (Lipinski definition) is 1. The van der Waals surface area contributed by atoms with Crippen molar-refractivity contribution in [2.75, 3.05) is 0 Å². The molecule has 72 valence electrons. The maximum Gasteiger partial charge on any atom is 0.149 e. The number of phenols is 1. The summed E-state index contributed by atoms with van der Waals surface area (Å²) in [6, 6.07) is 0. The first kappa shape index (κ1) is 10.6. The summed E-state index contributed by atoms with van der Waals surface area (Å²) in [6.45, 7) is 3.28. The molecule has 0 amide bonds. The van der Waals surface area contributed by atoms with Crippen LogP contribution in [0.4, 0.5) is 4.39 Å². The molecule has 0 saturated heterocycles. The zero-order valence-corrected chi connectivity index (χ0v) is 8.80. The van der Waals surface area contributed by atoms with Gasteiger partial charge in [0.15, 0.2) is 0 Å². The molecule has 1 rings (SSSR count).